The van der Waals surface area contributed by atoms with E-state index in [0.717, 1.165) is 17.6 Å². The van der Waals surface area contributed by atoms with Crippen LogP contribution in [0.4, 0.5) is 4.39 Å². The van der Waals surface area contributed by atoms with Crippen LogP contribution in [-0.4, -0.2) is 22.8 Å². The quantitative estimate of drug-likeness (QED) is 0.710. The first kappa shape index (κ1) is 17.0. The number of hydrogen-bond donors (Lipinski definition) is 1. The fraction of sp³-hybridized carbons (Fsp3) is 0.714. The number of aliphatic hydroxyl groups excluding tert-OH is 1. The molecule has 0 saturated heterocycles. The number of ketones is 2. The smallest absolute Gasteiger partial charge is 0.197 e. The molecule has 0 bridgehead atoms. The first-order chi connectivity index (χ1) is 11.6. The van der Waals surface area contributed by atoms with Crippen LogP contribution in [0.25, 0.3) is 0 Å². The van der Waals surface area contributed by atoms with Crippen molar-refractivity contribution < 1.29 is 19.1 Å². The molecule has 0 heterocycles. The van der Waals surface area contributed by atoms with Gasteiger partial charge in [0.2, 0.25) is 0 Å². The number of carbonyl (C=O) groups excluding carboxylic acids is 2. The summed E-state index contributed by atoms with van der Waals surface area (Å²) in [6, 6.07) is 0. The van der Waals surface area contributed by atoms with Gasteiger partial charge in [-0.1, -0.05) is 27.4 Å². The monoisotopic (exact) mass is 346 g/mol. The van der Waals surface area contributed by atoms with Crippen LogP contribution in [0.15, 0.2) is 23.5 Å². The molecule has 0 aliphatic heterocycles. The van der Waals surface area contributed by atoms with Gasteiger partial charge in [-0.3, -0.25) is 9.59 Å². The third kappa shape index (κ3) is 1.91. The lowest BCUT2D eigenvalue weighted by molar-refractivity contribution is -0.136. The van der Waals surface area contributed by atoms with Crippen molar-refractivity contribution in [2.45, 2.75) is 59.0 Å². The van der Waals surface area contributed by atoms with Crippen molar-refractivity contribution >= 4 is 11.6 Å². The second-order valence-corrected chi connectivity index (χ2v) is 9.19. The second kappa shape index (κ2) is 5.05. The zero-order valence-corrected chi connectivity index (χ0v) is 15.3. The summed E-state index contributed by atoms with van der Waals surface area (Å²) in [6.07, 6.45) is 1.57. The Morgan fingerprint density at radius 3 is 2.52 bits per heavy atom. The number of allylic oxidation sites excluding steroid dienone is 2. The molecule has 0 radical (unpaired) electrons. The van der Waals surface area contributed by atoms with Crippen molar-refractivity contribution in [3.63, 3.8) is 0 Å². The predicted molar refractivity (Wildman–Crippen MR) is 92.6 cm³/mol. The van der Waals surface area contributed by atoms with Gasteiger partial charge < -0.3 is 5.11 Å². The summed E-state index contributed by atoms with van der Waals surface area (Å²) in [6.45, 7) is 10.4. The largest absolute Gasteiger partial charge is 0.504 e. The Morgan fingerprint density at radius 2 is 1.84 bits per heavy atom. The zero-order chi connectivity index (χ0) is 18.3. The molecule has 0 aromatic heterocycles. The highest BCUT2D eigenvalue weighted by atomic mass is 19.1. The Hall–Kier alpha value is -1.45. The number of alkyl halides is 1. The Morgan fingerprint density at radius 1 is 1.16 bits per heavy atom. The van der Waals surface area contributed by atoms with Crippen LogP contribution in [0.1, 0.15) is 52.9 Å². The van der Waals surface area contributed by atoms with Crippen LogP contribution >= 0.6 is 0 Å². The second-order valence-electron chi connectivity index (χ2n) is 9.19. The molecule has 4 heteroatoms. The van der Waals surface area contributed by atoms with Crippen LogP contribution in [0, 0.1) is 34.5 Å². The highest BCUT2D eigenvalue weighted by Crippen LogP contribution is 2.67. The topological polar surface area (TPSA) is 54.4 Å². The lowest BCUT2D eigenvalue weighted by Crippen LogP contribution is -2.54. The fourth-order valence-electron chi connectivity index (χ4n) is 6.77. The zero-order valence-electron chi connectivity index (χ0n) is 15.3. The molecule has 3 saturated carbocycles. The number of halogens is 1. The molecular formula is C21H27FO3. The van der Waals surface area contributed by atoms with Crippen molar-refractivity contribution in [3.05, 3.63) is 23.5 Å². The molecule has 0 spiro atoms. The van der Waals surface area contributed by atoms with Gasteiger partial charge in [-0.05, 0) is 54.9 Å². The minimum Gasteiger partial charge on any atom is -0.504 e. The molecule has 136 valence electrons. The molecule has 0 aromatic carbocycles. The van der Waals surface area contributed by atoms with Gasteiger partial charge in [0.25, 0.3) is 0 Å². The average Bonchev–Trinajstić information content (AvgIpc) is 2.80. The number of Topliss-reactive ketones (excluding diaryl/α,β-unsaturated/α-hetero) is 2. The summed E-state index contributed by atoms with van der Waals surface area (Å²) in [7, 11) is 0. The molecule has 25 heavy (non-hydrogen) atoms. The predicted octanol–water partition coefficient (Wildman–Crippen LogP) is 4.33. The third-order valence-electron chi connectivity index (χ3n) is 8.24. The molecule has 4 rings (SSSR count). The molecule has 4 aliphatic rings. The number of aliphatic hydroxyl groups is 1. The van der Waals surface area contributed by atoms with E-state index in [0.29, 0.717) is 25.7 Å². The van der Waals surface area contributed by atoms with Gasteiger partial charge in [0, 0.05) is 22.8 Å². The van der Waals surface area contributed by atoms with E-state index in [-0.39, 0.29) is 46.4 Å². The summed E-state index contributed by atoms with van der Waals surface area (Å²) >= 11 is 0. The van der Waals surface area contributed by atoms with Crippen molar-refractivity contribution in [2.24, 2.45) is 34.5 Å². The number of hydrogen-bond acceptors (Lipinski definition) is 3. The molecule has 3 nitrogen and oxygen atoms in total. The van der Waals surface area contributed by atoms with Crippen molar-refractivity contribution in [3.8, 4) is 0 Å². The Labute approximate surface area is 148 Å². The number of fused-ring (bicyclic) bond motifs is 5. The molecule has 0 unspecified atom stereocenters. The average molecular weight is 346 g/mol. The Balaban J connectivity index is 1.84. The standard InChI is InChI=1S/C21H27FO3/c1-10-11(2)17-18(24)15(23)6-8-20(17,3)12-5-7-21(4)13(16(10)12)9-14(22)19(21)25/h10,12-14,16,24H,2,5-9H2,1,3-4H3/t10-,12+,13+,14-,16-,20-,21+/m1/s1. The van der Waals surface area contributed by atoms with Crippen LogP contribution in [0.3, 0.4) is 0 Å². The van der Waals surface area contributed by atoms with Gasteiger partial charge in [-0.2, -0.15) is 0 Å². The van der Waals surface area contributed by atoms with Crippen molar-refractivity contribution in [1.82, 2.24) is 0 Å². The lowest BCUT2D eigenvalue weighted by Gasteiger charge is -2.59. The maximum Gasteiger partial charge on any atom is 0.197 e. The van der Waals surface area contributed by atoms with Gasteiger partial charge in [-0.15, -0.1) is 0 Å². The van der Waals surface area contributed by atoms with Gasteiger partial charge >= 0.3 is 0 Å². The van der Waals surface area contributed by atoms with E-state index in [1.165, 1.54) is 0 Å². The summed E-state index contributed by atoms with van der Waals surface area (Å²) in [5.41, 5.74) is 0.681. The van der Waals surface area contributed by atoms with Gasteiger partial charge in [-0.25, -0.2) is 4.39 Å². The van der Waals surface area contributed by atoms with Crippen molar-refractivity contribution in [2.75, 3.05) is 0 Å². The van der Waals surface area contributed by atoms with Crippen LogP contribution in [-0.2, 0) is 9.59 Å². The molecule has 7 atom stereocenters. The minimum atomic E-state index is -1.35. The van der Waals surface area contributed by atoms with E-state index < -0.39 is 11.6 Å². The highest BCUT2D eigenvalue weighted by molar-refractivity contribution is 5.96. The summed E-state index contributed by atoms with van der Waals surface area (Å²) < 4.78 is 14.3. The lowest BCUT2D eigenvalue weighted by atomic mass is 9.44. The maximum absolute atomic E-state index is 14.3. The third-order valence-corrected chi connectivity index (χ3v) is 8.24. The Bertz CT molecular complexity index is 723. The molecular weight excluding hydrogens is 319 g/mol. The van der Waals surface area contributed by atoms with E-state index in [1.807, 2.05) is 6.92 Å². The van der Waals surface area contributed by atoms with E-state index in [4.69, 9.17) is 0 Å². The SMILES string of the molecule is C=C1C2=C(O)C(=O)CC[C@]2(C)[C@H]2CC[C@]3(C)C(=O)[C@H](F)C[C@H]3[C@@H]2[C@@H]1C. The first-order valence-corrected chi connectivity index (χ1v) is 9.47. The normalized spacial score (nSPS) is 49.8. The maximum atomic E-state index is 14.3. The van der Waals surface area contributed by atoms with Crippen LogP contribution in [0.2, 0.25) is 0 Å². The van der Waals surface area contributed by atoms with Gasteiger partial charge in [0.1, 0.15) is 0 Å². The molecule has 0 amide bonds. The number of carbonyl (C=O) groups is 2. The van der Waals surface area contributed by atoms with Crippen LogP contribution < -0.4 is 0 Å². The Kier molecular flexibility index (Phi) is 3.43. The molecule has 3 fully saturated rings. The van der Waals surface area contributed by atoms with E-state index in [1.54, 1.807) is 0 Å². The number of rotatable bonds is 0. The minimum absolute atomic E-state index is 0.0265. The molecule has 4 aliphatic carbocycles. The van der Waals surface area contributed by atoms with Gasteiger partial charge in [0.05, 0.1) is 0 Å². The van der Waals surface area contributed by atoms with E-state index in [9.17, 15) is 19.1 Å². The van der Waals surface area contributed by atoms with Gasteiger partial charge in [0.15, 0.2) is 23.5 Å². The molecule has 0 aromatic rings. The first-order valence-electron chi connectivity index (χ1n) is 9.47. The van der Waals surface area contributed by atoms with E-state index in [2.05, 4.69) is 20.4 Å². The van der Waals surface area contributed by atoms with E-state index >= 15 is 0 Å². The fourth-order valence-corrected chi connectivity index (χ4v) is 6.77. The van der Waals surface area contributed by atoms with Crippen LogP contribution in [0.5, 0.6) is 0 Å². The summed E-state index contributed by atoms with van der Waals surface area (Å²) in [5.74, 6) is -0.00686. The van der Waals surface area contributed by atoms with Crippen molar-refractivity contribution in [1.29, 1.82) is 0 Å². The molecule has 1 N–H and O–H groups in total. The summed E-state index contributed by atoms with van der Waals surface area (Å²) in [5, 5.41) is 10.5. The highest BCUT2D eigenvalue weighted by Gasteiger charge is 2.64. The summed E-state index contributed by atoms with van der Waals surface area (Å²) in [4.78, 5) is 24.6.